The van der Waals surface area contributed by atoms with Crippen LogP contribution in [0.1, 0.15) is 41.4 Å². The molecule has 1 fully saturated rings. The molecular formula is C13H15N3O. The Labute approximate surface area is 99.4 Å². The molecule has 1 aromatic heterocycles. The van der Waals surface area contributed by atoms with Crippen molar-refractivity contribution in [2.75, 3.05) is 0 Å². The third kappa shape index (κ3) is 1.52. The van der Waals surface area contributed by atoms with E-state index in [0.717, 1.165) is 16.9 Å². The highest BCUT2D eigenvalue weighted by Crippen LogP contribution is 2.36. The van der Waals surface area contributed by atoms with Gasteiger partial charge in [-0.3, -0.25) is 4.79 Å². The van der Waals surface area contributed by atoms with Crippen molar-refractivity contribution < 1.29 is 4.79 Å². The number of amides is 1. The minimum absolute atomic E-state index is 0.390. The molecular weight excluding hydrogens is 214 g/mol. The first-order valence-electron chi connectivity index (χ1n) is 5.93. The average molecular weight is 229 g/mol. The van der Waals surface area contributed by atoms with Crippen molar-refractivity contribution >= 4 is 16.9 Å². The number of fused-ring (bicyclic) bond motifs is 1. The number of rotatable bonds is 2. The Morgan fingerprint density at radius 2 is 2.24 bits per heavy atom. The number of primary amides is 1. The van der Waals surface area contributed by atoms with Gasteiger partial charge in [0, 0.05) is 18.5 Å². The first kappa shape index (κ1) is 10.3. The molecule has 0 unspecified atom stereocenters. The van der Waals surface area contributed by atoms with Crippen molar-refractivity contribution in [3.63, 3.8) is 0 Å². The smallest absolute Gasteiger partial charge is 0.248 e. The summed E-state index contributed by atoms with van der Waals surface area (Å²) in [4.78, 5) is 15.8. The molecule has 4 heteroatoms. The molecule has 1 saturated carbocycles. The first-order chi connectivity index (χ1) is 8.16. The standard InChI is InChI=1S/C13H15N3O/c1-16-11-7-9(12(14)17)5-6-10(11)15-13(16)8-3-2-4-8/h5-8H,2-4H2,1H3,(H2,14,17). The maximum atomic E-state index is 11.2. The van der Waals surface area contributed by atoms with Gasteiger partial charge >= 0.3 is 0 Å². The van der Waals surface area contributed by atoms with E-state index in [4.69, 9.17) is 5.73 Å². The van der Waals surface area contributed by atoms with Gasteiger partial charge in [0.15, 0.2) is 0 Å². The highest BCUT2D eigenvalue weighted by molar-refractivity contribution is 5.96. The Bertz CT molecular complexity index is 596. The number of aryl methyl sites for hydroxylation is 1. The lowest BCUT2D eigenvalue weighted by Gasteiger charge is -2.24. The van der Waals surface area contributed by atoms with Crippen molar-refractivity contribution in [1.82, 2.24) is 9.55 Å². The van der Waals surface area contributed by atoms with E-state index in [9.17, 15) is 4.79 Å². The number of hydrogen-bond donors (Lipinski definition) is 1. The summed E-state index contributed by atoms with van der Waals surface area (Å²) in [5.74, 6) is 1.33. The molecule has 0 aliphatic heterocycles. The van der Waals surface area contributed by atoms with Crippen LogP contribution in [-0.4, -0.2) is 15.5 Å². The van der Waals surface area contributed by atoms with Gasteiger partial charge in [-0.15, -0.1) is 0 Å². The number of benzene rings is 1. The van der Waals surface area contributed by atoms with Crippen LogP contribution in [0.2, 0.25) is 0 Å². The highest BCUT2D eigenvalue weighted by Gasteiger charge is 2.24. The molecule has 2 N–H and O–H groups in total. The van der Waals surface area contributed by atoms with Gasteiger partial charge in [-0.1, -0.05) is 6.42 Å². The number of carbonyl (C=O) groups is 1. The summed E-state index contributed by atoms with van der Waals surface area (Å²) in [6.07, 6.45) is 3.74. The van der Waals surface area contributed by atoms with E-state index >= 15 is 0 Å². The predicted octanol–water partition coefficient (Wildman–Crippen LogP) is 1.94. The second kappa shape index (κ2) is 3.58. The topological polar surface area (TPSA) is 60.9 Å². The Hall–Kier alpha value is -1.84. The lowest BCUT2D eigenvalue weighted by molar-refractivity contribution is 0.100. The molecule has 0 atom stereocenters. The van der Waals surface area contributed by atoms with Crippen LogP contribution in [-0.2, 0) is 7.05 Å². The van der Waals surface area contributed by atoms with E-state index in [1.807, 2.05) is 19.2 Å². The second-order valence-electron chi connectivity index (χ2n) is 4.72. The van der Waals surface area contributed by atoms with Gasteiger partial charge in [0.2, 0.25) is 5.91 Å². The maximum absolute atomic E-state index is 11.2. The molecule has 2 aromatic rings. The number of imidazole rings is 1. The molecule has 4 nitrogen and oxygen atoms in total. The van der Waals surface area contributed by atoms with Crippen molar-refractivity contribution in [3.05, 3.63) is 29.6 Å². The molecule has 88 valence electrons. The van der Waals surface area contributed by atoms with Crippen LogP contribution in [0.3, 0.4) is 0 Å². The fourth-order valence-corrected chi connectivity index (χ4v) is 2.39. The number of nitrogens with two attached hydrogens (primary N) is 1. The van der Waals surface area contributed by atoms with Crippen LogP contribution >= 0.6 is 0 Å². The van der Waals surface area contributed by atoms with Gasteiger partial charge in [0.1, 0.15) is 5.82 Å². The van der Waals surface area contributed by atoms with Crippen molar-refractivity contribution in [2.45, 2.75) is 25.2 Å². The van der Waals surface area contributed by atoms with E-state index in [2.05, 4.69) is 9.55 Å². The van der Waals surface area contributed by atoms with E-state index in [1.165, 1.54) is 19.3 Å². The van der Waals surface area contributed by atoms with Gasteiger partial charge in [0.25, 0.3) is 0 Å². The van der Waals surface area contributed by atoms with E-state index in [-0.39, 0.29) is 0 Å². The lowest BCUT2D eigenvalue weighted by atomic mass is 9.85. The summed E-state index contributed by atoms with van der Waals surface area (Å²) in [6, 6.07) is 5.44. The average Bonchev–Trinajstić information content (AvgIpc) is 2.54. The molecule has 17 heavy (non-hydrogen) atoms. The first-order valence-corrected chi connectivity index (χ1v) is 5.93. The number of hydrogen-bond acceptors (Lipinski definition) is 2. The minimum Gasteiger partial charge on any atom is -0.366 e. The summed E-state index contributed by atoms with van der Waals surface area (Å²) in [7, 11) is 2.01. The zero-order valence-corrected chi connectivity index (χ0v) is 9.81. The zero-order valence-electron chi connectivity index (χ0n) is 9.81. The van der Waals surface area contributed by atoms with Gasteiger partial charge in [-0.05, 0) is 31.0 Å². The Kier molecular flexibility index (Phi) is 2.18. The van der Waals surface area contributed by atoms with Crippen LogP contribution in [0.15, 0.2) is 18.2 Å². The van der Waals surface area contributed by atoms with Crippen LogP contribution in [0, 0.1) is 0 Å². The van der Waals surface area contributed by atoms with Crippen molar-refractivity contribution in [3.8, 4) is 0 Å². The van der Waals surface area contributed by atoms with Crippen molar-refractivity contribution in [1.29, 1.82) is 0 Å². The summed E-state index contributed by atoms with van der Waals surface area (Å²) in [5, 5.41) is 0. The normalized spacial score (nSPS) is 16.1. The van der Waals surface area contributed by atoms with Crippen LogP contribution in [0.25, 0.3) is 11.0 Å². The molecule has 1 amide bonds. The maximum Gasteiger partial charge on any atom is 0.248 e. The summed E-state index contributed by atoms with van der Waals surface area (Å²) in [6.45, 7) is 0. The van der Waals surface area contributed by atoms with E-state index in [0.29, 0.717) is 11.5 Å². The zero-order chi connectivity index (χ0) is 12.0. The van der Waals surface area contributed by atoms with Gasteiger partial charge in [-0.2, -0.15) is 0 Å². The molecule has 1 aromatic carbocycles. The fraction of sp³-hybridized carbons (Fsp3) is 0.385. The number of nitrogens with zero attached hydrogens (tertiary/aromatic N) is 2. The molecule has 1 aliphatic rings. The highest BCUT2D eigenvalue weighted by atomic mass is 16.1. The van der Waals surface area contributed by atoms with Gasteiger partial charge in [-0.25, -0.2) is 4.98 Å². The summed E-state index contributed by atoms with van der Waals surface area (Å²) >= 11 is 0. The third-order valence-electron chi connectivity index (χ3n) is 3.67. The molecule has 1 heterocycles. The predicted molar refractivity (Wildman–Crippen MR) is 65.8 cm³/mol. The minimum atomic E-state index is -0.390. The van der Waals surface area contributed by atoms with Crippen LogP contribution < -0.4 is 5.73 Å². The quantitative estimate of drug-likeness (QED) is 0.855. The molecule has 3 rings (SSSR count). The number of carbonyl (C=O) groups excluding carboxylic acids is 1. The Morgan fingerprint density at radius 3 is 2.82 bits per heavy atom. The molecule has 0 saturated heterocycles. The summed E-state index contributed by atoms with van der Waals surface area (Å²) < 4.78 is 2.09. The second-order valence-corrected chi connectivity index (χ2v) is 4.72. The number of aromatic nitrogens is 2. The monoisotopic (exact) mass is 229 g/mol. The van der Waals surface area contributed by atoms with Crippen molar-refractivity contribution in [2.24, 2.45) is 12.8 Å². The fourth-order valence-electron chi connectivity index (χ4n) is 2.39. The van der Waals surface area contributed by atoms with Crippen LogP contribution in [0.4, 0.5) is 0 Å². The third-order valence-corrected chi connectivity index (χ3v) is 3.67. The molecule has 1 aliphatic carbocycles. The largest absolute Gasteiger partial charge is 0.366 e. The van der Waals surface area contributed by atoms with E-state index in [1.54, 1.807) is 6.07 Å². The van der Waals surface area contributed by atoms with E-state index < -0.39 is 5.91 Å². The summed E-state index contributed by atoms with van der Waals surface area (Å²) in [5.41, 5.74) is 7.77. The lowest BCUT2D eigenvalue weighted by Crippen LogP contribution is -2.14. The molecule has 0 radical (unpaired) electrons. The molecule has 0 spiro atoms. The molecule has 0 bridgehead atoms. The Morgan fingerprint density at radius 1 is 1.47 bits per heavy atom. The Balaban J connectivity index is 2.15. The van der Waals surface area contributed by atoms with Gasteiger partial charge in [0.05, 0.1) is 11.0 Å². The van der Waals surface area contributed by atoms with Crippen LogP contribution in [0.5, 0.6) is 0 Å². The SMILES string of the molecule is Cn1c(C2CCC2)nc2ccc(C(N)=O)cc21. The van der Waals surface area contributed by atoms with Gasteiger partial charge < -0.3 is 10.3 Å².